The highest BCUT2D eigenvalue weighted by atomic mass is 19.1. The maximum absolute atomic E-state index is 13.1. The molecule has 4 rings (SSSR count). The molecule has 6 heteroatoms. The first-order valence-electron chi connectivity index (χ1n) is 13.4. The highest BCUT2D eigenvalue weighted by Crippen LogP contribution is 2.21. The smallest absolute Gasteiger partial charge is 0.265 e. The molecule has 1 fully saturated rings. The summed E-state index contributed by atoms with van der Waals surface area (Å²) < 4.78 is 19.3. The first-order chi connectivity index (χ1) is 18.5. The number of carbonyl (C=O) groups is 1. The van der Waals surface area contributed by atoms with Gasteiger partial charge in [0.05, 0.1) is 0 Å². The third kappa shape index (κ3) is 8.44. The summed E-state index contributed by atoms with van der Waals surface area (Å²) in [5, 5.41) is 1.84. The van der Waals surface area contributed by atoms with Gasteiger partial charge in [0, 0.05) is 49.9 Å². The number of unbranched alkanes of at least 4 members (excludes halogenated alkanes) is 1. The Hall–Kier alpha value is -3.66. The fourth-order valence-corrected chi connectivity index (χ4v) is 4.46. The van der Waals surface area contributed by atoms with Gasteiger partial charge in [0.25, 0.3) is 5.91 Å². The molecule has 1 N–H and O–H groups in total. The predicted octanol–water partition coefficient (Wildman–Crippen LogP) is 5.65. The number of carbonyl (C=O) groups excluding carboxylic acids is 1. The van der Waals surface area contributed by atoms with Crippen LogP contribution in [0.3, 0.4) is 0 Å². The molecule has 0 atom stereocenters. The molecule has 0 saturated carbocycles. The van der Waals surface area contributed by atoms with Crippen LogP contribution >= 0.6 is 0 Å². The van der Waals surface area contributed by atoms with E-state index >= 15 is 0 Å². The fraction of sp³-hybridized carbons (Fsp3) is 0.344. The molecular weight excluding hydrogens is 477 g/mol. The molecule has 1 aliphatic rings. The Labute approximate surface area is 225 Å². The summed E-state index contributed by atoms with van der Waals surface area (Å²) in [6.45, 7) is 5.70. The molecule has 0 aromatic heterocycles. The third-order valence-electron chi connectivity index (χ3n) is 6.60. The van der Waals surface area contributed by atoms with Gasteiger partial charge >= 0.3 is 0 Å². The highest BCUT2D eigenvalue weighted by molar-refractivity contribution is 5.94. The van der Waals surface area contributed by atoms with Gasteiger partial charge in [-0.25, -0.2) is 9.40 Å². The molecule has 0 spiro atoms. The molecule has 0 aliphatic carbocycles. The van der Waals surface area contributed by atoms with Crippen molar-refractivity contribution in [3.63, 3.8) is 0 Å². The van der Waals surface area contributed by atoms with E-state index in [1.807, 2.05) is 48.5 Å². The van der Waals surface area contributed by atoms with Gasteiger partial charge in [0.2, 0.25) is 0 Å². The molecule has 0 radical (unpaired) electrons. The number of nitrogens with one attached hydrogen (secondary N) is 1. The minimum Gasteiger partial charge on any atom is -0.490 e. The zero-order valence-corrected chi connectivity index (χ0v) is 22.3. The number of amides is 1. The van der Waals surface area contributed by atoms with Crippen LogP contribution in [0.25, 0.3) is 0 Å². The number of halogens is 1. The monoisotopic (exact) mass is 513 g/mol. The van der Waals surface area contributed by atoms with Crippen LogP contribution in [0.2, 0.25) is 0 Å². The van der Waals surface area contributed by atoms with Gasteiger partial charge in [0.15, 0.2) is 0 Å². The van der Waals surface area contributed by atoms with E-state index in [9.17, 15) is 9.18 Å². The molecule has 3 aromatic rings. The van der Waals surface area contributed by atoms with Crippen molar-refractivity contribution in [3.05, 3.63) is 101 Å². The Kier molecular flexibility index (Phi) is 9.91. The van der Waals surface area contributed by atoms with Crippen molar-refractivity contribution >= 4 is 5.91 Å². The van der Waals surface area contributed by atoms with Crippen LogP contribution in [-0.4, -0.2) is 48.6 Å². The first-order valence-corrected chi connectivity index (χ1v) is 13.4. The van der Waals surface area contributed by atoms with E-state index in [1.54, 1.807) is 12.1 Å². The van der Waals surface area contributed by atoms with Crippen LogP contribution < -0.4 is 10.2 Å². The molecule has 38 heavy (non-hydrogen) atoms. The fourth-order valence-electron chi connectivity index (χ4n) is 4.46. The minimum atomic E-state index is -0.256. The SMILES string of the molecule is CCCCN(C)NC(=O)c1cccc(OC2CCN(Cc3cccc(C#Cc4ccc(F)cc4)c3)CC2)c1. The molecule has 1 amide bonds. The zero-order valence-electron chi connectivity index (χ0n) is 22.3. The summed E-state index contributed by atoms with van der Waals surface area (Å²) in [5.74, 6) is 6.65. The Bertz CT molecular complexity index is 1260. The summed E-state index contributed by atoms with van der Waals surface area (Å²) in [6.07, 6.45) is 4.11. The molecule has 3 aromatic carbocycles. The van der Waals surface area contributed by atoms with Crippen LogP contribution in [0.1, 0.15) is 59.7 Å². The van der Waals surface area contributed by atoms with Crippen molar-refractivity contribution < 1.29 is 13.9 Å². The van der Waals surface area contributed by atoms with Crippen LogP contribution in [0.4, 0.5) is 4.39 Å². The average Bonchev–Trinajstić information content (AvgIpc) is 2.93. The van der Waals surface area contributed by atoms with Gasteiger partial charge in [0.1, 0.15) is 17.7 Å². The highest BCUT2D eigenvalue weighted by Gasteiger charge is 2.21. The van der Waals surface area contributed by atoms with Crippen molar-refractivity contribution in [3.8, 4) is 17.6 Å². The number of piperidine rings is 1. The summed E-state index contributed by atoms with van der Waals surface area (Å²) in [7, 11) is 1.89. The maximum Gasteiger partial charge on any atom is 0.265 e. The lowest BCUT2D eigenvalue weighted by molar-refractivity contribution is 0.0822. The van der Waals surface area contributed by atoms with E-state index in [-0.39, 0.29) is 17.8 Å². The van der Waals surface area contributed by atoms with Gasteiger partial charge in [-0.3, -0.25) is 15.1 Å². The average molecular weight is 514 g/mol. The summed E-state index contributed by atoms with van der Waals surface area (Å²) in [4.78, 5) is 15.0. The molecule has 5 nitrogen and oxygen atoms in total. The van der Waals surface area contributed by atoms with E-state index in [1.165, 1.54) is 17.7 Å². The number of hydrogen-bond donors (Lipinski definition) is 1. The van der Waals surface area contributed by atoms with E-state index in [2.05, 4.69) is 41.2 Å². The molecule has 1 heterocycles. The lowest BCUT2D eigenvalue weighted by atomic mass is 10.1. The third-order valence-corrected chi connectivity index (χ3v) is 6.60. The van der Waals surface area contributed by atoms with E-state index in [0.717, 1.165) is 68.7 Å². The van der Waals surface area contributed by atoms with Crippen LogP contribution in [0.5, 0.6) is 5.75 Å². The number of benzene rings is 3. The van der Waals surface area contributed by atoms with Crippen molar-refractivity contribution in [2.45, 2.75) is 45.3 Å². The van der Waals surface area contributed by atoms with Crippen molar-refractivity contribution in [1.82, 2.24) is 15.3 Å². The Balaban J connectivity index is 1.26. The molecule has 198 valence electrons. The Morgan fingerprint density at radius 3 is 2.53 bits per heavy atom. The predicted molar refractivity (Wildman–Crippen MR) is 149 cm³/mol. The largest absolute Gasteiger partial charge is 0.490 e. The van der Waals surface area contributed by atoms with E-state index in [0.29, 0.717) is 5.56 Å². The number of ether oxygens (including phenoxy) is 1. The molecular formula is C32H36FN3O2. The summed E-state index contributed by atoms with van der Waals surface area (Å²) >= 11 is 0. The van der Waals surface area contributed by atoms with Crippen molar-refractivity contribution in [1.29, 1.82) is 0 Å². The van der Waals surface area contributed by atoms with Crippen LogP contribution in [-0.2, 0) is 6.54 Å². The van der Waals surface area contributed by atoms with Crippen molar-refractivity contribution in [2.24, 2.45) is 0 Å². The van der Waals surface area contributed by atoms with Crippen LogP contribution in [0.15, 0.2) is 72.8 Å². The standard InChI is InChI=1S/C32H36FN3O2/c1-3-4-19-35(2)34-32(37)28-9-6-10-31(23-28)38-30-17-20-36(21-18-30)24-27-8-5-7-26(22-27)12-11-25-13-15-29(33)16-14-25/h5-10,13-16,22-23,30H,3-4,17-21,24H2,1-2H3,(H,34,37). The van der Waals surface area contributed by atoms with Gasteiger partial charge in [-0.1, -0.05) is 43.4 Å². The van der Waals surface area contributed by atoms with Gasteiger partial charge < -0.3 is 4.74 Å². The first kappa shape index (κ1) is 27.4. The second-order valence-corrected chi connectivity index (χ2v) is 9.79. The normalized spacial score (nSPS) is 14.1. The van der Waals surface area contributed by atoms with Gasteiger partial charge in [-0.15, -0.1) is 0 Å². The molecule has 1 aliphatic heterocycles. The van der Waals surface area contributed by atoms with E-state index < -0.39 is 0 Å². The zero-order chi connectivity index (χ0) is 26.7. The molecule has 1 saturated heterocycles. The summed E-state index contributed by atoms with van der Waals surface area (Å²) in [6, 6.07) is 21.9. The topological polar surface area (TPSA) is 44.8 Å². The number of hydrogen-bond acceptors (Lipinski definition) is 4. The molecule has 0 bridgehead atoms. The van der Waals surface area contributed by atoms with Crippen molar-refractivity contribution in [2.75, 3.05) is 26.7 Å². The number of rotatable bonds is 9. The van der Waals surface area contributed by atoms with Crippen LogP contribution in [0, 0.1) is 17.7 Å². The molecule has 0 unspecified atom stereocenters. The number of nitrogens with zero attached hydrogens (tertiary/aromatic N) is 2. The maximum atomic E-state index is 13.1. The number of hydrazine groups is 1. The summed E-state index contributed by atoms with van der Waals surface area (Å²) in [5.41, 5.74) is 6.49. The lowest BCUT2D eigenvalue weighted by Gasteiger charge is -2.32. The quantitative estimate of drug-likeness (QED) is 0.297. The Morgan fingerprint density at radius 1 is 1.03 bits per heavy atom. The van der Waals surface area contributed by atoms with Gasteiger partial charge in [-0.2, -0.15) is 0 Å². The second kappa shape index (κ2) is 13.8. The Morgan fingerprint density at radius 2 is 1.76 bits per heavy atom. The number of likely N-dealkylation sites (tertiary alicyclic amines) is 1. The van der Waals surface area contributed by atoms with E-state index in [4.69, 9.17) is 4.74 Å². The second-order valence-electron chi connectivity index (χ2n) is 9.79. The van der Waals surface area contributed by atoms with Gasteiger partial charge in [-0.05, 0) is 79.4 Å². The lowest BCUT2D eigenvalue weighted by Crippen LogP contribution is -2.39. The minimum absolute atomic E-state index is 0.117.